The average Bonchev–Trinajstić information content (AvgIpc) is 2.56. The van der Waals surface area contributed by atoms with Crippen LogP contribution in [0.15, 0.2) is 42.5 Å². The van der Waals surface area contributed by atoms with Gasteiger partial charge in [-0.25, -0.2) is 0 Å². The molecular formula is C19H23NO2. The van der Waals surface area contributed by atoms with Gasteiger partial charge in [-0.3, -0.25) is 4.79 Å². The molecule has 1 fully saturated rings. The molecule has 22 heavy (non-hydrogen) atoms. The monoisotopic (exact) mass is 297 g/mol. The van der Waals surface area contributed by atoms with E-state index >= 15 is 0 Å². The second kappa shape index (κ2) is 6.82. The Morgan fingerprint density at radius 3 is 2.64 bits per heavy atom. The summed E-state index contributed by atoms with van der Waals surface area (Å²) in [5.41, 5.74) is 0. The standard InChI is InChI=1S/C19H23NO2/c1-14(19(21)20-16-10-3-2-4-11-16)22-18-13-7-9-15-8-5-6-12-17(15)18/h5-9,12-14,16H,2-4,10-11H2,1H3,(H,20,21)/t14-/m0/s1. The number of nitrogens with one attached hydrogen (secondary N) is 1. The van der Waals surface area contributed by atoms with Crippen molar-refractivity contribution in [2.45, 2.75) is 51.2 Å². The molecular weight excluding hydrogens is 274 g/mol. The highest BCUT2D eigenvalue weighted by atomic mass is 16.5. The van der Waals surface area contributed by atoms with E-state index in [0.717, 1.165) is 29.4 Å². The minimum atomic E-state index is -0.479. The van der Waals surface area contributed by atoms with Gasteiger partial charge in [-0.2, -0.15) is 0 Å². The topological polar surface area (TPSA) is 38.3 Å². The summed E-state index contributed by atoms with van der Waals surface area (Å²) in [6.45, 7) is 1.82. The van der Waals surface area contributed by atoms with Crippen molar-refractivity contribution in [2.24, 2.45) is 0 Å². The van der Waals surface area contributed by atoms with Crippen molar-refractivity contribution in [3.05, 3.63) is 42.5 Å². The first-order chi connectivity index (χ1) is 10.7. The maximum absolute atomic E-state index is 12.3. The summed E-state index contributed by atoms with van der Waals surface area (Å²) in [6, 6.07) is 14.3. The van der Waals surface area contributed by atoms with E-state index in [2.05, 4.69) is 17.4 Å². The highest BCUT2D eigenvalue weighted by molar-refractivity contribution is 5.89. The third-order valence-corrected chi connectivity index (χ3v) is 4.37. The van der Waals surface area contributed by atoms with Gasteiger partial charge in [-0.05, 0) is 31.2 Å². The van der Waals surface area contributed by atoms with E-state index < -0.39 is 6.10 Å². The Morgan fingerprint density at radius 2 is 1.82 bits per heavy atom. The van der Waals surface area contributed by atoms with Crippen molar-refractivity contribution in [3.63, 3.8) is 0 Å². The fourth-order valence-corrected chi connectivity index (χ4v) is 3.11. The molecule has 0 saturated heterocycles. The molecule has 0 aromatic heterocycles. The first kappa shape index (κ1) is 14.9. The van der Waals surface area contributed by atoms with Gasteiger partial charge in [0, 0.05) is 11.4 Å². The van der Waals surface area contributed by atoms with Gasteiger partial charge < -0.3 is 10.1 Å². The lowest BCUT2D eigenvalue weighted by Crippen LogP contribution is -2.43. The third kappa shape index (κ3) is 3.41. The van der Waals surface area contributed by atoms with Crippen LogP contribution >= 0.6 is 0 Å². The van der Waals surface area contributed by atoms with E-state index in [4.69, 9.17) is 4.74 Å². The molecule has 1 saturated carbocycles. The fourth-order valence-electron chi connectivity index (χ4n) is 3.11. The van der Waals surface area contributed by atoms with Gasteiger partial charge >= 0.3 is 0 Å². The van der Waals surface area contributed by atoms with Crippen LogP contribution in [0, 0.1) is 0 Å². The van der Waals surface area contributed by atoms with E-state index in [1.54, 1.807) is 0 Å². The zero-order chi connectivity index (χ0) is 15.4. The van der Waals surface area contributed by atoms with Crippen molar-refractivity contribution in [3.8, 4) is 5.75 Å². The minimum Gasteiger partial charge on any atom is -0.480 e. The average molecular weight is 297 g/mol. The maximum Gasteiger partial charge on any atom is 0.260 e. The molecule has 0 heterocycles. The molecule has 2 aromatic carbocycles. The van der Waals surface area contributed by atoms with Crippen LogP contribution in [0.2, 0.25) is 0 Å². The quantitative estimate of drug-likeness (QED) is 0.924. The zero-order valence-corrected chi connectivity index (χ0v) is 13.0. The van der Waals surface area contributed by atoms with E-state index in [1.807, 2.05) is 37.3 Å². The van der Waals surface area contributed by atoms with E-state index in [9.17, 15) is 4.79 Å². The van der Waals surface area contributed by atoms with Gasteiger partial charge in [-0.15, -0.1) is 0 Å². The van der Waals surface area contributed by atoms with Crippen molar-refractivity contribution in [1.29, 1.82) is 0 Å². The van der Waals surface area contributed by atoms with Gasteiger partial charge in [0.15, 0.2) is 6.10 Å². The molecule has 3 heteroatoms. The lowest BCUT2D eigenvalue weighted by atomic mass is 9.95. The Bertz CT molecular complexity index is 641. The second-order valence-corrected chi connectivity index (χ2v) is 6.08. The van der Waals surface area contributed by atoms with Crippen molar-refractivity contribution >= 4 is 16.7 Å². The van der Waals surface area contributed by atoms with E-state index in [-0.39, 0.29) is 5.91 Å². The molecule has 3 rings (SSSR count). The van der Waals surface area contributed by atoms with Crippen LogP contribution < -0.4 is 10.1 Å². The molecule has 0 aliphatic heterocycles. The fraction of sp³-hybridized carbons (Fsp3) is 0.421. The van der Waals surface area contributed by atoms with Crippen LogP contribution in [-0.2, 0) is 4.79 Å². The second-order valence-electron chi connectivity index (χ2n) is 6.08. The number of hydrogen-bond acceptors (Lipinski definition) is 2. The van der Waals surface area contributed by atoms with E-state index in [0.29, 0.717) is 6.04 Å². The van der Waals surface area contributed by atoms with Gasteiger partial charge in [0.2, 0.25) is 0 Å². The summed E-state index contributed by atoms with van der Waals surface area (Å²) in [7, 11) is 0. The van der Waals surface area contributed by atoms with E-state index in [1.165, 1.54) is 19.3 Å². The number of rotatable bonds is 4. The van der Waals surface area contributed by atoms with Gasteiger partial charge in [0.1, 0.15) is 5.75 Å². The lowest BCUT2D eigenvalue weighted by Gasteiger charge is -2.24. The molecule has 0 unspecified atom stereocenters. The largest absolute Gasteiger partial charge is 0.480 e. The predicted octanol–water partition coefficient (Wildman–Crippen LogP) is 4.06. The number of carbonyl (C=O) groups is 1. The summed E-state index contributed by atoms with van der Waals surface area (Å²) in [5.74, 6) is 0.754. The van der Waals surface area contributed by atoms with Crippen LogP contribution in [0.25, 0.3) is 10.8 Å². The molecule has 1 aliphatic rings. The number of amides is 1. The number of hydrogen-bond donors (Lipinski definition) is 1. The molecule has 0 radical (unpaired) electrons. The van der Waals surface area contributed by atoms with Crippen LogP contribution in [0.4, 0.5) is 0 Å². The van der Waals surface area contributed by atoms with Crippen LogP contribution in [0.3, 0.4) is 0 Å². The van der Waals surface area contributed by atoms with Gasteiger partial charge in [0.05, 0.1) is 0 Å². The summed E-state index contributed by atoms with van der Waals surface area (Å²) in [5, 5.41) is 5.29. The summed E-state index contributed by atoms with van der Waals surface area (Å²) >= 11 is 0. The molecule has 1 N–H and O–H groups in total. The highest BCUT2D eigenvalue weighted by Crippen LogP contribution is 2.26. The smallest absolute Gasteiger partial charge is 0.260 e. The zero-order valence-electron chi connectivity index (χ0n) is 13.0. The van der Waals surface area contributed by atoms with Crippen LogP contribution in [0.1, 0.15) is 39.0 Å². The lowest BCUT2D eigenvalue weighted by molar-refractivity contribution is -0.128. The molecule has 1 amide bonds. The van der Waals surface area contributed by atoms with Gasteiger partial charge in [-0.1, -0.05) is 55.7 Å². The molecule has 3 nitrogen and oxygen atoms in total. The normalized spacial score (nSPS) is 17.1. The number of fused-ring (bicyclic) bond motifs is 1. The van der Waals surface area contributed by atoms with Crippen LogP contribution in [-0.4, -0.2) is 18.1 Å². The maximum atomic E-state index is 12.3. The summed E-state index contributed by atoms with van der Waals surface area (Å²) in [4.78, 5) is 12.3. The summed E-state index contributed by atoms with van der Waals surface area (Å²) in [6.07, 6.45) is 5.41. The molecule has 116 valence electrons. The van der Waals surface area contributed by atoms with Crippen LogP contribution in [0.5, 0.6) is 5.75 Å². The Kier molecular flexibility index (Phi) is 4.62. The Hall–Kier alpha value is -2.03. The minimum absolute atomic E-state index is 0.0140. The molecule has 0 bridgehead atoms. The van der Waals surface area contributed by atoms with Crippen molar-refractivity contribution < 1.29 is 9.53 Å². The number of ether oxygens (including phenoxy) is 1. The third-order valence-electron chi connectivity index (χ3n) is 4.37. The highest BCUT2D eigenvalue weighted by Gasteiger charge is 2.21. The summed E-state index contributed by atoms with van der Waals surface area (Å²) < 4.78 is 5.92. The molecule has 1 atom stereocenters. The Balaban J connectivity index is 1.67. The first-order valence-electron chi connectivity index (χ1n) is 8.19. The predicted molar refractivity (Wildman–Crippen MR) is 89.1 cm³/mol. The van der Waals surface area contributed by atoms with Crippen molar-refractivity contribution in [1.82, 2.24) is 5.32 Å². The number of carbonyl (C=O) groups excluding carboxylic acids is 1. The Labute approximate surface area is 131 Å². The van der Waals surface area contributed by atoms with Gasteiger partial charge in [0.25, 0.3) is 5.91 Å². The molecule has 2 aromatic rings. The first-order valence-corrected chi connectivity index (χ1v) is 8.19. The Morgan fingerprint density at radius 1 is 1.09 bits per heavy atom. The number of benzene rings is 2. The molecule has 0 spiro atoms. The molecule has 1 aliphatic carbocycles. The van der Waals surface area contributed by atoms with Crippen molar-refractivity contribution in [2.75, 3.05) is 0 Å². The SMILES string of the molecule is C[C@H](Oc1cccc2ccccc12)C(=O)NC1CCCCC1.